The first-order valence-corrected chi connectivity index (χ1v) is 5.49. The van der Waals surface area contributed by atoms with E-state index in [1.807, 2.05) is 0 Å². The lowest BCUT2D eigenvalue weighted by Crippen LogP contribution is -2.06. The highest BCUT2D eigenvalue weighted by Crippen LogP contribution is 2.01. The molecule has 0 aliphatic heterocycles. The lowest BCUT2D eigenvalue weighted by Gasteiger charge is -2.02. The molecule has 0 spiro atoms. The minimum atomic E-state index is -0.212. The number of carbonyl (C=O) groups excluding carboxylic acids is 2. The second-order valence-corrected chi connectivity index (χ2v) is 3.67. The van der Waals surface area contributed by atoms with Crippen molar-refractivity contribution in [1.82, 2.24) is 0 Å². The zero-order valence-electron chi connectivity index (χ0n) is 8.62. The number of hydrogen-bond donors (Lipinski definition) is 1. The number of thiol groups is 1. The average Bonchev–Trinajstić information content (AvgIpc) is 2.12. The fourth-order valence-electron chi connectivity index (χ4n) is 0.994. The summed E-state index contributed by atoms with van der Waals surface area (Å²) in [6.45, 7) is 2.60. The minimum absolute atomic E-state index is 0.177. The van der Waals surface area contributed by atoms with Gasteiger partial charge in [0.05, 0.1) is 6.61 Å². The maximum Gasteiger partial charge on any atom is 0.305 e. The van der Waals surface area contributed by atoms with Gasteiger partial charge in [-0.15, -0.1) is 12.6 Å². The van der Waals surface area contributed by atoms with Gasteiger partial charge in [-0.25, -0.2) is 0 Å². The quantitative estimate of drug-likeness (QED) is 0.386. The molecule has 0 aromatic rings. The highest BCUT2D eigenvalue weighted by atomic mass is 32.1. The van der Waals surface area contributed by atoms with Gasteiger partial charge in [0.25, 0.3) is 0 Å². The first-order chi connectivity index (χ1) is 6.66. The van der Waals surface area contributed by atoms with Crippen molar-refractivity contribution in [3.8, 4) is 0 Å². The van der Waals surface area contributed by atoms with Crippen molar-refractivity contribution in [2.75, 3.05) is 6.61 Å². The smallest absolute Gasteiger partial charge is 0.305 e. The van der Waals surface area contributed by atoms with Crippen molar-refractivity contribution in [2.24, 2.45) is 0 Å². The Kier molecular flexibility index (Phi) is 8.73. The van der Waals surface area contributed by atoms with E-state index in [1.54, 1.807) is 0 Å². The molecule has 82 valence electrons. The highest BCUT2D eigenvalue weighted by Gasteiger charge is 2.03. The van der Waals surface area contributed by atoms with E-state index >= 15 is 0 Å². The van der Waals surface area contributed by atoms with Crippen molar-refractivity contribution in [2.45, 2.75) is 45.4 Å². The van der Waals surface area contributed by atoms with Crippen LogP contribution in [0.4, 0.5) is 0 Å². The van der Waals surface area contributed by atoms with Crippen LogP contribution in [0.25, 0.3) is 0 Å². The van der Waals surface area contributed by atoms with Gasteiger partial charge in [-0.05, 0) is 12.8 Å². The van der Waals surface area contributed by atoms with Crippen LogP contribution in [0.3, 0.4) is 0 Å². The van der Waals surface area contributed by atoms with Crippen molar-refractivity contribution in [3.63, 3.8) is 0 Å². The van der Waals surface area contributed by atoms with E-state index < -0.39 is 0 Å². The largest absolute Gasteiger partial charge is 0.466 e. The molecule has 0 atom stereocenters. The molecule has 4 heteroatoms. The number of ether oxygens (including phenoxy) is 1. The van der Waals surface area contributed by atoms with E-state index in [-0.39, 0.29) is 11.1 Å². The molecule has 0 saturated carbocycles. The van der Waals surface area contributed by atoms with Crippen LogP contribution in [0.1, 0.15) is 45.4 Å². The summed E-state index contributed by atoms with van der Waals surface area (Å²) < 4.78 is 4.95. The summed E-state index contributed by atoms with van der Waals surface area (Å²) in [5, 5.41) is -0.177. The Bertz CT molecular complexity index is 180. The van der Waals surface area contributed by atoms with E-state index in [0.717, 1.165) is 19.3 Å². The zero-order chi connectivity index (χ0) is 10.8. The van der Waals surface area contributed by atoms with Crippen LogP contribution in [0.2, 0.25) is 0 Å². The highest BCUT2D eigenvalue weighted by molar-refractivity contribution is 7.96. The fraction of sp³-hybridized carbons (Fsp3) is 0.800. The van der Waals surface area contributed by atoms with Crippen LogP contribution in [-0.2, 0) is 14.3 Å². The van der Waals surface area contributed by atoms with E-state index in [1.165, 1.54) is 0 Å². The van der Waals surface area contributed by atoms with Gasteiger partial charge < -0.3 is 4.74 Å². The predicted octanol–water partition coefficient (Wildman–Crippen LogP) is 2.35. The second-order valence-electron chi connectivity index (χ2n) is 3.17. The van der Waals surface area contributed by atoms with Gasteiger partial charge in [0.15, 0.2) is 5.12 Å². The third-order valence-electron chi connectivity index (χ3n) is 1.78. The molecule has 0 saturated heterocycles. The Morgan fingerprint density at radius 2 is 1.86 bits per heavy atom. The molecule has 0 aliphatic rings. The Morgan fingerprint density at radius 3 is 2.43 bits per heavy atom. The SMILES string of the molecule is CCCCCOC(=O)CCCC(=O)S. The van der Waals surface area contributed by atoms with Crippen LogP contribution in [-0.4, -0.2) is 17.7 Å². The Labute approximate surface area is 90.6 Å². The van der Waals surface area contributed by atoms with Crippen LogP contribution >= 0.6 is 12.6 Å². The maximum absolute atomic E-state index is 11.0. The van der Waals surface area contributed by atoms with Gasteiger partial charge >= 0.3 is 5.97 Å². The first kappa shape index (κ1) is 13.5. The molecule has 0 radical (unpaired) electrons. The Morgan fingerprint density at radius 1 is 1.14 bits per heavy atom. The summed E-state index contributed by atoms with van der Waals surface area (Å²) >= 11 is 3.61. The number of esters is 1. The average molecular weight is 218 g/mol. The molecule has 0 fully saturated rings. The van der Waals surface area contributed by atoms with Crippen LogP contribution in [0, 0.1) is 0 Å². The topological polar surface area (TPSA) is 43.4 Å². The van der Waals surface area contributed by atoms with Gasteiger partial charge in [0, 0.05) is 12.8 Å². The summed E-state index contributed by atoms with van der Waals surface area (Å²) in [5.41, 5.74) is 0. The monoisotopic (exact) mass is 218 g/mol. The maximum atomic E-state index is 11.0. The molecule has 0 aliphatic carbocycles. The summed E-state index contributed by atoms with van der Waals surface area (Å²) in [4.78, 5) is 21.5. The molecule has 14 heavy (non-hydrogen) atoms. The Balaban J connectivity index is 3.24. The van der Waals surface area contributed by atoms with E-state index in [0.29, 0.717) is 25.9 Å². The van der Waals surface area contributed by atoms with Crippen LogP contribution in [0.5, 0.6) is 0 Å². The number of rotatable bonds is 8. The molecular weight excluding hydrogens is 200 g/mol. The van der Waals surface area contributed by atoms with Crippen molar-refractivity contribution < 1.29 is 14.3 Å². The molecule has 0 N–H and O–H groups in total. The van der Waals surface area contributed by atoms with Crippen LogP contribution < -0.4 is 0 Å². The van der Waals surface area contributed by atoms with Gasteiger partial charge in [0.1, 0.15) is 0 Å². The third kappa shape index (κ3) is 9.58. The van der Waals surface area contributed by atoms with E-state index in [9.17, 15) is 9.59 Å². The van der Waals surface area contributed by atoms with Gasteiger partial charge in [-0.2, -0.15) is 0 Å². The molecule has 0 heterocycles. The standard InChI is InChI=1S/C10H18O3S/c1-2-3-4-8-13-9(11)6-5-7-10(12)14/h2-8H2,1H3,(H,12,14). The Hall–Kier alpha value is -0.510. The molecule has 0 bridgehead atoms. The number of carbonyl (C=O) groups is 2. The predicted molar refractivity (Wildman–Crippen MR) is 58.3 cm³/mol. The summed E-state index contributed by atoms with van der Waals surface area (Å²) in [5.74, 6) is -0.212. The first-order valence-electron chi connectivity index (χ1n) is 5.04. The zero-order valence-corrected chi connectivity index (χ0v) is 9.52. The molecular formula is C10H18O3S. The molecule has 0 unspecified atom stereocenters. The van der Waals surface area contributed by atoms with Crippen LogP contribution in [0.15, 0.2) is 0 Å². The van der Waals surface area contributed by atoms with Crippen molar-refractivity contribution in [1.29, 1.82) is 0 Å². The summed E-state index contributed by atoms with van der Waals surface area (Å²) in [6, 6.07) is 0. The second kappa shape index (κ2) is 9.06. The molecule has 0 aromatic heterocycles. The van der Waals surface area contributed by atoms with E-state index in [4.69, 9.17) is 4.74 Å². The molecule has 0 amide bonds. The fourth-order valence-corrected chi connectivity index (χ4v) is 1.15. The van der Waals surface area contributed by atoms with E-state index in [2.05, 4.69) is 19.6 Å². The molecule has 0 rings (SSSR count). The third-order valence-corrected chi connectivity index (χ3v) is 2.01. The van der Waals surface area contributed by atoms with Crippen molar-refractivity contribution in [3.05, 3.63) is 0 Å². The van der Waals surface area contributed by atoms with Crippen molar-refractivity contribution >= 4 is 23.7 Å². The summed E-state index contributed by atoms with van der Waals surface area (Å²) in [7, 11) is 0. The normalized spacial score (nSPS) is 9.86. The van der Waals surface area contributed by atoms with Gasteiger partial charge in [-0.1, -0.05) is 19.8 Å². The molecule has 0 aromatic carbocycles. The lowest BCUT2D eigenvalue weighted by molar-refractivity contribution is -0.143. The lowest BCUT2D eigenvalue weighted by atomic mass is 10.2. The summed E-state index contributed by atoms with van der Waals surface area (Å²) in [6.07, 6.45) is 4.32. The number of unbranched alkanes of at least 4 members (excludes halogenated alkanes) is 2. The van der Waals surface area contributed by atoms with Gasteiger partial charge in [-0.3, -0.25) is 9.59 Å². The minimum Gasteiger partial charge on any atom is -0.466 e. The number of hydrogen-bond acceptors (Lipinski definition) is 3. The molecule has 3 nitrogen and oxygen atoms in total. The van der Waals surface area contributed by atoms with Gasteiger partial charge in [0.2, 0.25) is 0 Å².